The van der Waals surface area contributed by atoms with E-state index in [2.05, 4.69) is 29.7 Å². The van der Waals surface area contributed by atoms with Gasteiger partial charge in [-0.05, 0) is 23.1 Å². The van der Waals surface area contributed by atoms with Crippen LogP contribution in [0.1, 0.15) is 17.0 Å². The fraction of sp³-hybridized carbons (Fsp3) is 0.211. The standard InChI is InChI=1S/C19H19N3OS/c23-19-18(22-20-11-12-24-22)17(16-9-5-2-6-10-16)14-21(19)13-15-7-3-1-4-8-15/h1-12,17-18,20H,13-14H2. The zero-order valence-corrected chi connectivity index (χ0v) is 14.0. The summed E-state index contributed by atoms with van der Waals surface area (Å²) in [5.74, 6) is 0.332. The fourth-order valence-electron chi connectivity index (χ4n) is 3.36. The van der Waals surface area contributed by atoms with Crippen LogP contribution in [0.2, 0.25) is 0 Å². The van der Waals surface area contributed by atoms with Crippen molar-refractivity contribution in [1.29, 1.82) is 0 Å². The number of hydrogen-bond donors (Lipinski definition) is 1. The van der Waals surface area contributed by atoms with E-state index >= 15 is 0 Å². The van der Waals surface area contributed by atoms with E-state index in [-0.39, 0.29) is 17.9 Å². The lowest BCUT2D eigenvalue weighted by atomic mass is 9.94. The summed E-state index contributed by atoms with van der Waals surface area (Å²) < 4.78 is 1.96. The van der Waals surface area contributed by atoms with Crippen molar-refractivity contribution in [1.82, 2.24) is 14.7 Å². The molecule has 0 saturated carbocycles. The van der Waals surface area contributed by atoms with Gasteiger partial charge in [-0.3, -0.25) is 4.79 Å². The predicted octanol–water partition coefficient (Wildman–Crippen LogP) is 3.12. The number of carbonyl (C=O) groups is 1. The van der Waals surface area contributed by atoms with Gasteiger partial charge in [0.05, 0.1) is 0 Å². The van der Waals surface area contributed by atoms with Crippen molar-refractivity contribution in [3.63, 3.8) is 0 Å². The maximum absolute atomic E-state index is 13.1. The number of likely N-dealkylation sites (tertiary alicyclic amines) is 1. The number of nitrogens with zero attached hydrogens (tertiary/aromatic N) is 2. The largest absolute Gasteiger partial charge is 0.336 e. The average molecular weight is 337 g/mol. The first-order valence-corrected chi connectivity index (χ1v) is 8.91. The highest BCUT2D eigenvalue weighted by atomic mass is 32.2. The van der Waals surface area contributed by atoms with Crippen molar-refractivity contribution in [2.75, 3.05) is 6.54 Å². The van der Waals surface area contributed by atoms with Crippen molar-refractivity contribution < 1.29 is 4.79 Å². The monoisotopic (exact) mass is 337 g/mol. The zero-order chi connectivity index (χ0) is 16.4. The molecule has 0 bridgehead atoms. The van der Waals surface area contributed by atoms with E-state index in [4.69, 9.17) is 0 Å². The van der Waals surface area contributed by atoms with Crippen LogP contribution < -0.4 is 5.43 Å². The molecule has 0 aromatic heterocycles. The molecule has 4 nitrogen and oxygen atoms in total. The smallest absolute Gasteiger partial charge is 0.243 e. The molecular formula is C19H19N3OS. The van der Waals surface area contributed by atoms with Crippen LogP contribution in [-0.4, -0.2) is 27.8 Å². The molecule has 1 fully saturated rings. The number of carbonyl (C=O) groups excluding carboxylic acids is 1. The molecule has 1 amide bonds. The summed E-state index contributed by atoms with van der Waals surface area (Å²) in [6, 6.07) is 20.3. The molecule has 1 saturated heterocycles. The van der Waals surface area contributed by atoms with Crippen LogP contribution in [0, 0.1) is 0 Å². The molecule has 2 aromatic rings. The number of rotatable bonds is 4. The topological polar surface area (TPSA) is 35.6 Å². The molecule has 1 N–H and O–H groups in total. The summed E-state index contributed by atoms with van der Waals surface area (Å²) in [5, 5.41) is 1.97. The number of amides is 1. The van der Waals surface area contributed by atoms with Gasteiger partial charge >= 0.3 is 0 Å². The Balaban J connectivity index is 1.61. The minimum Gasteiger partial charge on any atom is -0.336 e. The van der Waals surface area contributed by atoms with E-state index in [0.717, 1.165) is 6.54 Å². The molecule has 2 aromatic carbocycles. The van der Waals surface area contributed by atoms with Gasteiger partial charge in [0.2, 0.25) is 5.91 Å². The van der Waals surface area contributed by atoms with Crippen molar-refractivity contribution >= 4 is 17.9 Å². The van der Waals surface area contributed by atoms with Gasteiger partial charge in [-0.15, -0.1) is 4.41 Å². The van der Waals surface area contributed by atoms with Crippen LogP contribution in [0.4, 0.5) is 0 Å². The van der Waals surface area contributed by atoms with Crippen LogP contribution >= 0.6 is 11.9 Å². The van der Waals surface area contributed by atoms with E-state index in [1.165, 1.54) is 11.1 Å². The molecule has 5 heteroatoms. The Labute approximate surface area is 146 Å². The van der Waals surface area contributed by atoms with Crippen LogP contribution in [0.3, 0.4) is 0 Å². The molecule has 0 radical (unpaired) electrons. The molecule has 0 aliphatic carbocycles. The molecule has 24 heavy (non-hydrogen) atoms. The summed E-state index contributed by atoms with van der Waals surface area (Å²) in [6.45, 7) is 1.40. The van der Waals surface area contributed by atoms with E-state index in [1.54, 1.807) is 11.9 Å². The zero-order valence-electron chi connectivity index (χ0n) is 13.2. The van der Waals surface area contributed by atoms with Gasteiger partial charge in [-0.2, -0.15) is 0 Å². The quantitative estimate of drug-likeness (QED) is 0.870. The minimum absolute atomic E-state index is 0.155. The van der Waals surface area contributed by atoms with Crippen molar-refractivity contribution in [3.05, 3.63) is 83.4 Å². The van der Waals surface area contributed by atoms with Gasteiger partial charge in [-0.1, -0.05) is 60.7 Å². The average Bonchev–Trinajstić information content (AvgIpc) is 3.25. The fourth-order valence-corrected chi connectivity index (χ4v) is 4.10. The molecule has 122 valence electrons. The van der Waals surface area contributed by atoms with Crippen molar-refractivity contribution in [2.24, 2.45) is 0 Å². The van der Waals surface area contributed by atoms with Gasteiger partial charge in [0, 0.05) is 30.6 Å². The van der Waals surface area contributed by atoms with Gasteiger partial charge < -0.3 is 10.3 Å². The Bertz CT molecular complexity index is 727. The summed E-state index contributed by atoms with van der Waals surface area (Å²) in [7, 11) is 0. The third-order valence-electron chi connectivity index (χ3n) is 4.50. The van der Waals surface area contributed by atoms with Gasteiger partial charge in [0.1, 0.15) is 6.04 Å². The van der Waals surface area contributed by atoms with E-state index in [1.807, 2.05) is 57.3 Å². The first-order chi connectivity index (χ1) is 11.8. The number of hydrogen-bond acceptors (Lipinski definition) is 4. The normalized spacial score (nSPS) is 23.7. The molecule has 2 aliphatic rings. The summed E-state index contributed by atoms with van der Waals surface area (Å²) in [4.78, 5) is 15.1. The lowest BCUT2D eigenvalue weighted by Gasteiger charge is -2.25. The van der Waals surface area contributed by atoms with Crippen LogP contribution in [0.25, 0.3) is 0 Å². The first-order valence-electron chi connectivity index (χ1n) is 8.08. The second kappa shape index (κ2) is 6.71. The molecule has 2 unspecified atom stereocenters. The lowest BCUT2D eigenvalue weighted by Crippen LogP contribution is -2.43. The Kier molecular flexibility index (Phi) is 4.28. The molecule has 2 heterocycles. The van der Waals surface area contributed by atoms with Gasteiger partial charge in [0.15, 0.2) is 0 Å². The van der Waals surface area contributed by atoms with Crippen LogP contribution in [-0.2, 0) is 11.3 Å². The Hall–Kier alpha value is -2.24. The maximum Gasteiger partial charge on any atom is 0.243 e. The SMILES string of the molecule is O=C1C(N2NC=CS2)C(c2ccccc2)CN1Cc1ccccc1. The van der Waals surface area contributed by atoms with Crippen molar-refractivity contribution in [3.8, 4) is 0 Å². The van der Waals surface area contributed by atoms with Crippen LogP contribution in [0.5, 0.6) is 0 Å². The summed E-state index contributed by atoms with van der Waals surface area (Å²) in [5.41, 5.74) is 5.56. The number of nitrogens with one attached hydrogen (secondary N) is 1. The Morgan fingerprint density at radius 2 is 1.75 bits per heavy atom. The lowest BCUT2D eigenvalue weighted by molar-refractivity contribution is -0.131. The maximum atomic E-state index is 13.1. The van der Waals surface area contributed by atoms with E-state index in [9.17, 15) is 4.79 Å². The Morgan fingerprint density at radius 3 is 2.42 bits per heavy atom. The Morgan fingerprint density at radius 1 is 1.04 bits per heavy atom. The summed E-state index contributed by atoms with van der Waals surface area (Å²) >= 11 is 1.54. The second-order valence-corrected chi connectivity index (χ2v) is 6.91. The minimum atomic E-state index is -0.198. The third kappa shape index (κ3) is 2.92. The van der Waals surface area contributed by atoms with Gasteiger partial charge in [-0.25, -0.2) is 0 Å². The summed E-state index contributed by atoms with van der Waals surface area (Å²) in [6.07, 6.45) is 1.87. The second-order valence-electron chi connectivity index (χ2n) is 6.03. The highest BCUT2D eigenvalue weighted by Gasteiger charge is 2.45. The molecule has 0 spiro atoms. The van der Waals surface area contributed by atoms with E-state index in [0.29, 0.717) is 6.54 Å². The van der Waals surface area contributed by atoms with E-state index < -0.39 is 0 Å². The van der Waals surface area contributed by atoms with Gasteiger partial charge in [0.25, 0.3) is 0 Å². The number of hydrazine groups is 1. The first kappa shape index (κ1) is 15.3. The third-order valence-corrected chi connectivity index (χ3v) is 5.32. The molecular weight excluding hydrogens is 318 g/mol. The van der Waals surface area contributed by atoms with Crippen molar-refractivity contribution in [2.45, 2.75) is 18.5 Å². The highest BCUT2D eigenvalue weighted by Crippen LogP contribution is 2.36. The predicted molar refractivity (Wildman–Crippen MR) is 96.5 cm³/mol. The molecule has 2 aliphatic heterocycles. The number of benzene rings is 2. The molecule has 4 rings (SSSR count). The molecule has 2 atom stereocenters. The highest BCUT2D eigenvalue weighted by molar-refractivity contribution is 8.00. The van der Waals surface area contributed by atoms with Crippen LogP contribution in [0.15, 0.2) is 72.3 Å².